The smallest absolute Gasteiger partial charge is 0.0622 e. The van der Waals surface area contributed by atoms with Crippen LogP contribution in [-0.4, -0.2) is 4.29 Å². The Morgan fingerprint density at radius 3 is 1.09 bits per heavy atom. The average Bonchev–Trinajstić information content (AvgIpc) is 2.45. The molecule has 6 heteroatoms. The first kappa shape index (κ1) is 20.6. The van der Waals surface area contributed by atoms with Gasteiger partial charge in [-0.15, -0.1) is 0 Å². The normalized spacial score (nSPS) is 13.1. The van der Waals surface area contributed by atoms with Crippen LogP contribution in [0, 0.1) is 0 Å². The van der Waals surface area contributed by atoms with Crippen molar-refractivity contribution in [2.75, 3.05) is 0 Å². The van der Waals surface area contributed by atoms with Gasteiger partial charge < -0.3 is 0 Å². The summed E-state index contributed by atoms with van der Waals surface area (Å²) in [6.45, 7) is 0. The van der Waals surface area contributed by atoms with Crippen LogP contribution in [0.5, 0.6) is 0 Å². The maximum atomic E-state index is 3.70. The molecule has 0 nitrogen and oxygen atoms in total. The largest absolute Gasteiger partial charge is 0.136 e. The van der Waals surface area contributed by atoms with Crippen LogP contribution in [0.3, 0.4) is 0 Å². The molecule has 0 spiro atoms. The Labute approximate surface area is 188 Å². The van der Waals surface area contributed by atoms with Gasteiger partial charge in [0, 0.05) is 5.41 Å². The van der Waals surface area contributed by atoms with Gasteiger partial charge in [0.05, 0.1) is 0 Å². The summed E-state index contributed by atoms with van der Waals surface area (Å²) in [5, 5.41) is 0. The molecular weight excluding hydrogens is 684 g/mol. The van der Waals surface area contributed by atoms with E-state index in [1.165, 1.54) is 11.1 Å². The van der Waals surface area contributed by atoms with Crippen molar-refractivity contribution < 1.29 is 0 Å². The van der Waals surface area contributed by atoms with Crippen molar-refractivity contribution >= 4 is 95.6 Å². The average molecular weight is 698 g/mol. The molecule has 0 heterocycles. The highest BCUT2D eigenvalue weighted by Gasteiger charge is 2.44. The van der Waals surface area contributed by atoms with Crippen LogP contribution in [0.15, 0.2) is 60.7 Å². The Kier molecular flexibility index (Phi) is 7.48. The number of halogens is 6. The summed E-state index contributed by atoms with van der Waals surface area (Å²) in [5.41, 5.74) is 2.29. The van der Waals surface area contributed by atoms with Crippen molar-refractivity contribution in [2.45, 2.75) is 22.5 Å². The van der Waals surface area contributed by atoms with Gasteiger partial charge in [0.25, 0.3) is 0 Å². The summed E-state index contributed by atoms with van der Waals surface area (Å²) in [4.78, 5) is 0. The maximum absolute atomic E-state index is 3.70. The summed E-state index contributed by atoms with van der Waals surface area (Å²) in [6, 6.07) is 21.2. The quantitative estimate of drug-likeness (QED) is 0.282. The van der Waals surface area contributed by atoms with Gasteiger partial charge in [0.15, 0.2) is 0 Å². The Morgan fingerprint density at radius 2 is 0.826 bits per heavy atom. The van der Waals surface area contributed by atoms with E-state index in [-0.39, 0.29) is 9.70 Å². The molecule has 0 saturated heterocycles. The molecule has 2 aromatic carbocycles. The lowest BCUT2D eigenvalue weighted by atomic mass is 9.70. The maximum Gasteiger partial charge on any atom is 0.136 e. The van der Waals surface area contributed by atoms with Crippen molar-refractivity contribution in [2.24, 2.45) is 0 Å². The molecule has 0 bridgehead atoms. The number of benzene rings is 2. The van der Waals surface area contributed by atoms with E-state index in [9.17, 15) is 0 Å². The molecule has 0 aliphatic rings. The number of hydrogen-bond donors (Lipinski definition) is 0. The molecule has 124 valence electrons. The van der Waals surface area contributed by atoms with Gasteiger partial charge in [-0.05, 0) is 24.0 Å². The van der Waals surface area contributed by atoms with Crippen molar-refractivity contribution in [3.63, 3.8) is 0 Å². The molecule has 0 unspecified atom stereocenters. The third-order valence-corrected chi connectivity index (χ3v) is 5.34. The Hall–Kier alpha value is 1.32. The molecule has 0 aromatic heterocycles. The summed E-state index contributed by atoms with van der Waals surface area (Å²) in [6.07, 6.45) is 1.61. The topological polar surface area (TPSA) is 0 Å². The minimum absolute atomic E-state index is 0.227. The third kappa shape index (κ3) is 6.21. The molecule has 23 heavy (non-hydrogen) atoms. The molecule has 0 radical (unpaired) electrons. The van der Waals surface area contributed by atoms with Gasteiger partial charge in [-0.1, -0.05) is 156 Å². The van der Waals surface area contributed by atoms with E-state index >= 15 is 0 Å². The van der Waals surface area contributed by atoms with Gasteiger partial charge in [-0.2, -0.15) is 0 Å². The van der Waals surface area contributed by atoms with Crippen LogP contribution in [0.1, 0.15) is 24.0 Å². The molecule has 0 aliphatic heterocycles. The second kappa shape index (κ2) is 8.34. The summed E-state index contributed by atoms with van der Waals surface area (Å²) >= 11 is 22.2. The van der Waals surface area contributed by atoms with E-state index in [1.54, 1.807) is 0 Å². The fraction of sp³-hybridized carbons (Fsp3) is 0.294. The lowest BCUT2D eigenvalue weighted by molar-refractivity contribution is 0.467. The van der Waals surface area contributed by atoms with Crippen molar-refractivity contribution in [3.8, 4) is 0 Å². The zero-order valence-electron chi connectivity index (χ0n) is 12.0. The van der Waals surface area contributed by atoms with Gasteiger partial charge in [0.2, 0.25) is 0 Å². The third-order valence-electron chi connectivity index (χ3n) is 3.66. The SMILES string of the molecule is BrC(Br)(Br)CC(CC(Br)(Br)Br)(c1ccccc1)c1ccccc1. The Bertz CT molecular complexity index is 556. The highest BCUT2D eigenvalue weighted by Crippen LogP contribution is 2.55. The van der Waals surface area contributed by atoms with Gasteiger partial charge in [0.1, 0.15) is 4.29 Å². The molecule has 0 amide bonds. The van der Waals surface area contributed by atoms with E-state index in [2.05, 4.69) is 144 Å². The van der Waals surface area contributed by atoms with Gasteiger partial charge >= 0.3 is 0 Å². The molecule has 0 atom stereocenters. The minimum atomic E-state index is -0.364. The van der Waals surface area contributed by atoms with Crippen LogP contribution in [-0.2, 0) is 5.41 Å². The van der Waals surface area contributed by atoms with Crippen molar-refractivity contribution in [3.05, 3.63) is 71.8 Å². The highest BCUT2D eigenvalue weighted by atomic mass is 80.0. The van der Waals surface area contributed by atoms with Crippen LogP contribution in [0.4, 0.5) is 0 Å². The van der Waals surface area contributed by atoms with Crippen molar-refractivity contribution in [1.82, 2.24) is 0 Å². The lowest BCUT2D eigenvalue weighted by Crippen LogP contribution is -2.35. The second-order valence-corrected chi connectivity index (χ2v) is 19.9. The number of rotatable bonds is 4. The van der Waals surface area contributed by atoms with Crippen LogP contribution < -0.4 is 0 Å². The fourth-order valence-electron chi connectivity index (χ4n) is 2.84. The zero-order chi connectivity index (χ0) is 17.1. The van der Waals surface area contributed by atoms with Gasteiger partial charge in [-0.25, -0.2) is 0 Å². The number of hydrogen-bond acceptors (Lipinski definition) is 0. The predicted molar refractivity (Wildman–Crippen MR) is 122 cm³/mol. The van der Waals surface area contributed by atoms with E-state index in [0.29, 0.717) is 0 Å². The first-order valence-electron chi connectivity index (χ1n) is 6.87. The van der Waals surface area contributed by atoms with E-state index in [4.69, 9.17) is 0 Å². The highest BCUT2D eigenvalue weighted by molar-refractivity contribution is 9.39. The standard InChI is InChI=1S/C17H14Br6/c18-16(19,20)11-15(12-17(21,22)23,13-7-3-1-4-8-13)14-9-5-2-6-10-14/h1-10H,11-12H2. The van der Waals surface area contributed by atoms with Crippen LogP contribution in [0.25, 0.3) is 0 Å². The zero-order valence-corrected chi connectivity index (χ0v) is 21.5. The summed E-state index contributed by atoms with van der Waals surface area (Å²) < 4.78 is -0.728. The monoisotopic (exact) mass is 692 g/mol. The fourth-order valence-corrected chi connectivity index (χ4v) is 5.71. The van der Waals surface area contributed by atoms with Crippen LogP contribution >= 0.6 is 95.6 Å². The second-order valence-electron chi connectivity index (χ2n) is 5.40. The molecule has 0 aliphatic carbocycles. The summed E-state index contributed by atoms with van der Waals surface area (Å²) in [7, 11) is 0. The first-order chi connectivity index (χ1) is 10.6. The number of alkyl halides is 6. The van der Waals surface area contributed by atoms with E-state index in [0.717, 1.165) is 12.8 Å². The molecule has 0 N–H and O–H groups in total. The lowest BCUT2D eigenvalue weighted by Gasteiger charge is -2.40. The van der Waals surface area contributed by atoms with E-state index in [1.807, 2.05) is 12.1 Å². The molecule has 0 saturated carbocycles. The van der Waals surface area contributed by atoms with Crippen LogP contribution in [0.2, 0.25) is 0 Å². The minimum Gasteiger partial charge on any atom is -0.0622 e. The Morgan fingerprint density at radius 1 is 0.522 bits per heavy atom. The van der Waals surface area contributed by atoms with E-state index < -0.39 is 0 Å². The molecule has 0 fully saturated rings. The first-order valence-corrected chi connectivity index (χ1v) is 11.6. The molecule has 2 aromatic rings. The summed E-state index contributed by atoms with van der Waals surface area (Å²) in [5.74, 6) is 0. The Balaban J connectivity index is 2.68. The van der Waals surface area contributed by atoms with Gasteiger partial charge in [-0.3, -0.25) is 0 Å². The predicted octanol–water partition coefficient (Wildman–Crippen LogP) is 8.43. The molecular formula is C17H14Br6. The van der Waals surface area contributed by atoms with Crippen molar-refractivity contribution in [1.29, 1.82) is 0 Å². The molecule has 2 rings (SSSR count).